The van der Waals surface area contributed by atoms with Gasteiger partial charge in [-0.3, -0.25) is 4.79 Å². The maximum Gasteiger partial charge on any atom is 0.258 e. The summed E-state index contributed by atoms with van der Waals surface area (Å²) in [7, 11) is 0. The first kappa shape index (κ1) is 14.8. The Hall–Kier alpha value is -1.59. The first-order valence-corrected chi connectivity index (χ1v) is 6.86. The molecule has 0 aromatic heterocycles. The SMILES string of the molecule is Cc1ccc(OCC(=O)N[C@H]2C[C@@H](CO)[C@H](O)C2)cc1. The van der Waals surface area contributed by atoms with Gasteiger partial charge < -0.3 is 20.3 Å². The molecule has 0 bridgehead atoms. The minimum atomic E-state index is -0.539. The number of amides is 1. The largest absolute Gasteiger partial charge is 0.484 e. The number of carbonyl (C=O) groups excluding carboxylic acids is 1. The van der Waals surface area contributed by atoms with Crippen molar-refractivity contribution in [3.05, 3.63) is 29.8 Å². The molecule has 0 radical (unpaired) electrons. The highest BCUT2D eigenvalue weighted by Crippen LogP contribution is 2.25. The number of carbonyl (C=O) groups is 1. The molecule has 0 heterocycles. The Bertz CT molecular complexity index is 446. The second kappa shape index (κ2) is 6.72. The van der Waals surface area contributed by atoms with Crippen LogP contribution in [-0.2, 0) is 4.79 Å². The summed E-state index contributed by atoms with van der Waals surface area (Å²) in [6, 6.07) is 7.41. The van der Waals surface area contributed by atoms with Crippen LogP contribution in [-0.4, -0.2) is 41.5 Å². The molecule has 1 aromatic carbocycles. The van der Waals surface area contributed by atoms with Gasteiger partial charge in [-0.15, -0.1) is 0 Å². The predicted molar refractivity (Wildman–Crippen MR) is 74.4 cm³/mol. The lowest BCUT2D eigenvalue weighted by molar-refractivity contribution is -0.123. The summed E-state index contributed by atoms with van der Waals surface area (Å²) in [6.07, 6.45) is 0.554. The fourth-order valence-electron chi connectivity index (χ4n) is 2.47. The quantitative estimate of drug-likeness (QED) is 0.738. The Balaban J connectivity index is 1.74. The van der Waals surface area contributed by atoms with E-state index in [-0.39, 0.29) is 31.1 Å². The van der Waals surface area contributed by atoms with Crippen molar-refractivity contribution in [3.8, 4) is 5.75 Å². The zero-order chi connectivity index (χ0) is 14.5. The summed E-state index contributed by atoms with van der Waals surface area (Å²) in [5.41, 5.74) is 1.14. The molecule has 20 heavy (non-hydrogen) atoms. The van der Waals surface area contributed by atoms with Crippen LogP contribution in [0.5, 0.6) is 5.75 Å². The number of ether oxygens (including phenoxy) is 1. The third-order valence-corrected chi connectivity index (χ3v) is 3.65. The van der Waals surface area contributed by atoms with E-state index in [0.29, 0.717) is 18.6 Å². The van der Waals surface area contributed by atoms with E-state index in [2.05, 4.69) is 5.32 Å². The van der Waals surface area contributed by atoms with Crippen LogP contribution in [0.25, 0.3) is 0 Å². The number of rotatable bonds is 5. The van der Waals surface area contributed by atoms with Crippen molar-refractivity contribution in [2.75, 3.05) is 13.2 Å². The van der Waals surface area contributed by atoms with Crippen LogP contribution in [0.2, 0.25) is 0 Å². The molecule has 1 aliphatic carbocycles. The first-order valence-electron chi connectivity index (χ1n) is 6.86. The highest BCUT2D eigenvalue weighted by molar-refractivity contribution is 5.77. The van der Waals surface area contributed by atoms with Gasteiger partial charge in [-0.25, -0.2) is 0 Å². The topological polar surface area (TPSA) is 78.8 Å². The van der Waals surface area contributed by atoms with Gasteiger partial charge in [0.15, 0.2) is 6.61 Å². The lowest BCUT2D eigenvalue weighted by Gasteiger charge is -2.13. The molecule has 1 fully saturated rings. The van der Waals surface area contributed by atoms with Crippen molar-refractivity contribution in [2.45, 2.75) is 31.9 Å². The van der Waals surface area contributed by atoms with Crippen molar-refractivity contribution >= 4 is 5.91 Å². The smallest absolute Gasteiger partial charge is 0.258 e. The lowest BCUT2D eigenvalue weighted by atomic mass is 10.1. The van der Waals surface area contributed by atoms with Crippen LogP contribution in [0, 0.1) is 12.8 Å². The number of hydrogen-bond donors (Lipinski definition) is 3. The molecule has 1 amide bonds. The molecule has 0 unspecified atom stereocenters. The van der Waals surface area contributed by atoms with Crippen molar-refractivity contribution in [1.29, 1.82) is 0 Å². The lowest BCUT2D eigenvalue weighted by Crippen LogP contribution is -2.36. The highest BCUT2D eigenvalue weighted by Gasteiger charge is 2.33. The van der Waals surface area contributed by atoms with Crippen LogP contribution in [0.3, 0.4) is 0 Å². The summed E-state index contributed by atoms with van der Waals surface area (Å²) >= 11 is 0. The molecule has 0 spiro atoms. The summed E-state index contributed by atoms with van der Waals surface area (Å²) in [6.45, 7) is 1.90. The molecule has 0 aliphatic heterocycles. The zero-order valence-corrected chi connectivity index (χ0v) is 11.6. The van der Waals surface area contributed by atoms with E-state index in [1.54, 1.807) is 0 Å². The van der Waals surface area contributed by atoms with Crippen LogP contribution in [0.1, 0.15) is 18.4 Å². The fourth-order valence-corrected chi connectivity index (χ4v) is 2.47. The van der Waals surface area contributed by atoms with E-state index in [1.165, 1.54) is 0 Å². The number of benzene rings is 1. The second-order valence-electron chi connectivity index (χ2n) is 5.35. The standard InChI is InChI=1S/C15H21NO4/c1-10-2-4-13(5-3-10)20-9-15(19)16-12-6-11(8-17)14(18)7-12/h2-5,11-12,14,17-18H,6-9H2,1H3,(H,16,19)/t11-,12-,14+/m0/s1. The Labute approximate surface area is 118 Å². The molecule has 2 rings (SSSR count). The van der Waals surface area contributed by atoms with E-state index >= 15 is 0 Å². The third kappa shape index (κ3) is 3.95. The fraction of sp³-hybridized carbons (Fsp3) is 0.533. The van der Waals surface area contributed by atoms with E-state index in [9.17, 15) is 9.90 Å². The second-order valence-corrected chi connectivity index (χ2v) is 5.35. The monoisotopic (exact) mass is 279 g/mol. The maximum absolute atomic E-state index is 11.8. The number of aliphatic hydroxyl groups excluding tert-OH is 2. The van der Waals surface area contributed by atoms with Crippen LogP contribution >= 0.6 is 0 Å². The summed E-state index contributed by atoms with van der Waals surface area (Å²) in [5.74, 6) is 0.310. The van der Waals surface area contributed by atoms with E-state index < -0.39 is 6.10 Å². The molecule has 110 valence electrons. The summed E-state index contributed by atoms with van der Waals surface area (Å²) in [5, 5.41) is 21.5. The van der Waals surface area contributed by atoms with Gasteiger partial charge in [0.1, 0.15) is 5.75 Å². The molecule has 1 saturated carbocycles. The number of hydrogen-bond acceptors (Lipinski definition) is 4. The first-order chi connectivity index (χ1) is 9.58. The molecule has 5 nitrogen and oxygen atoms in total. The Morgan fingerprint density at radius 1 is 1.35 bits per heavy atom. The van der Waals surface area contributed by atoms with Gasteiger partial charge in [0, 0.05) is 18.6 Å². The molecular formula is C15H21NO4. The molecule has 1 aliphatic rings. The van der Waals surface area contributed by atoms with E-state index in [1.807, 2.05) is 31.2 Å². The minimum Gasteiger partial charge on any atom is -0.484 e. The molecule has 3 atom stereocenters. The molecule has 5 heteroatoms. The van der Waals surface area contributed by atoms with Gasteiger partial charge in [-0.1, -0.05) is 17.7 Å². The van der Waals surface area contributed by atoms with Gasteiger partial charge in [0.25, 0.3) is 5.91 Å². The average Bonchev–Trinajstić information content (AvgIpc) is 2.78. The molecule has 0 saturated heterocycles. The van der Waals surface area contributed by atoms with Gasteiger partial charge in [-0.05, 0) is 31.9 Å². The van der Waals surface area contributed by atoms with Gasteiger partial charge in [-0.2, -0.15) is 0 Å². The van der Waals surface area contributed by atoms with Crippen molar-refractivity contribution in [3.63, 3.8) is 0 Å². The van der Waals surface area contributed by atoms with Crippen molar-refractivity contribution in [2.24, 2.45) is 5.92 Å². The number of nitrogens with one attached hydrogen (secondary N) is 1. The molecule has 1 aromatic rings. The summed E-state index contributed by atoms with van der Waals surface area (Å²) < 4.78 is 5.39. The molecular weight excluding hydrogens is 258 g/mol. The number of aryl methyl sites for hydroxylation is 1. The van der Waals surface area contributed by atoms with Gasteiger partial charge >= 0.3 is 0 Å². The van der Waals surface area contributed by atoms with Crippen LogP contribution in [0.15, 0.2) is 24.3 Å². The predicted octanol–water partition coefficient (Wildman–Crippen LogP) is 0.622. The van der Waals surface area contributed by atoms with Crippen LogP contribution in [0.4, 0.5) is 0 Å². The minimum absolute atomic E-state index is 0.0422. The highest BCUT2D eigenvalue weighted by atomic mass is 16.5. The third-order valence-electron chi connectivity index (χ3n) is 3.65. The van der Waals surface area contributed by atoms with E-state index in [0.717, 1.165) is 5.56 Å². The zero-order valence-electron chi connectivity index (χ0n) is 11.6. The van der Waals surface area contributed by atoms with Crippen molar-refractivity contribution in [1.82, 2.24) is 5.32 Å². The average molecular weight is 279 g/mol. The van der Waals surface area contributed by atoms with Gasteiger partial charge in [0.2, 0.25) is 0 Å². The maximum atomic E-state index is 11.8. The Kier molecular flexibility index (Phi) is 4.98. The Morgan fingerprint density at radius 2 is 2.05 bits per heavy atom. The van der Waals surface area contributed by atoms with Crippen LogP contribution < -0.4 is 10.1 Å². The molecule has 3 N–H and O–H groups in total. The van der Waals surface area contributed by atoms with Crippen molar-refractivity contribution < 1.29 is 19.7 Å². The Morgan fingerprint density at radius 3 is 2.65 bits per heavy atom. The van der Waals surface area contributed by atoms with Gasteiger partial charge in [0.05, 0.1) is 6.10 Å². The van der Waals surface area contributed by atoms with E-state index in [4.69, 9.17) is 9.84 Å². The summed E-state index contributed by atoms with van der Waals surface area (Å²) in [4.78, 5) is 11.8. The normalized spacial score (nSPS) is 25.4. The number of aliphatic hydroxyl groups is 2.